The molecule has 0 N–H and O–H groups in total. The largest absolute Gasteiger partial charge is 0.496 e. The summed E-state index contributed by atoms with van der Waals surface area (Å²) in [6.07, 6.45) is 1.25. The average Bonchev–Trinajstić information content (AvgIpc) is 2.73. The van der Waals surface area contributed by atoms with Crippen LogP contribution < -0.4 is 39.0 Å². The van der Waals surface area contributed by atoms with Crippen molar-refractivity contribution in [1.82, 2.24) is 0 Å². The van der Waals surface area contributed by atoms with Gasteiger partial charge in [0.2, 0.25) is 0 Å². The first-order valence-electron chi connectivity index (χ1n) is 8.90. The van der Waals surface area contributed by atoms with Gasteiger partial charge in [0, 0.05) is 24.3 Å². The Morgan fingerprint density at radius 1 is 0.536 bits per heavy atom. The molecule has 0 saturated carbocycles. The minimum Gasteiger partial charge on any atom is -0.496 e. The Kier molecular flexibility index (Phi) is 10.3. The van der Waals surface area contributed by atoms with E-state index in [1.807, 2.05) is 24.3 Å². The molecular formula is C21H31O6P. The lowest BCUT2D eigenvalue weighted by Crippen LogP contribution is -2.14. The fourth-order valence-corrected chi connectivity index (χ4v) is 3.82. The summed E-state index contributed by atoms with van der Waals surface area (Å²) < 4.78 is 32.7. The van der Waals surface area contributed by atoms with Gasteiger partial charge in [-0.05, 0) is 8.58 Å². The smallest absolute Gasteiger partial charge is 0.134 e. The molecule has 0 atom stereocenters. The van der Waals surface area contributed by atoms with Gasteiger partial charge in [-0.2, -0.15) is 0 Å². The van der Waals surface area contributed by atoms with E-state index < -0.39 is 0 Å². The zero-order valence-corrected chi connectivity index (χ0v) is 19.0. The van der Waals surface area contributed by atoms with Crippen molar-refractivity contribution in [3.63, 3.8) is 0 Å². The average molecular weight is 410 g/mol. The molecule has 0 aromatic heterocycles. The molecule has 28 heavy (non-hydrogen) atoms. The maximum absolute atomic E-state index is 5.54. The first kappa shape index (κ1) is 23.7. The van der Waals surface area contributed by atoms with Crippen LogP contribution in [0.1, 0.15) is 20.3 Å². The standard InChI is InChI=1S/C18H23O6P.C3H8/c1-19-11-7-13(21-3)17(14(8-11)22-4)25-18-15(23-5)9-12(20-2)10-16(18)24-6;1-3-2/h7-10,25H,1-6H3;3H2,1-2H3. The number of methoxy groups -OCH3 is 6. The third-order valence-electron chi connectivity index (χ3n) is 3.68. The quantitative estimate of drug-likeness (QED) is 0.618. The maximum Gasteiger partial charge on any atom is 0.134 e. The molecule has 2 rings (SSSR count). The lowest BCUT2D eigenvalue weighted by atomic mass is 10.3. The van der Waals surface area contributed by atoms with Crippen LogP contribution in [0.4, 0.5) is 0 Å². The molecule has 0 radical (unpaired) electrons. The Labute approximate surface area is 169 Å². The highest BCUT2D eigenvalue weighted by Gasteiger charge is 2.20. The molecule has 156 valence electrons. The molecule has 0 aliphatic carbocycles. The molecule has 0 aliphatic rings. The van der Waals surface area contributed by atoms with Crippen LogP contribution in [-0.4, -0.2) is 42.7 Å². The van der Waals surface area contributed by atoms with Crippen molar-refractivity contribution in [2.75, 3.05) is 42.7 Å². The predicted octanol–water partition coefficient (Wildman–Crippen LogP) is 3.78. The first-order chi connectivity index (χ1) is 13.5. The minimum atomic E-state index is 0.184. The summed E-state index contributed by atoms with van der Waals surface area (Å²) in [6, 6.07) is 7.31. The molecule has 0 aliphatic heterocycles. The highest BCUT2D eigenvalue weighted by molar-refractivity contribution is 7.56. The first-order valence-corrected chi connectivity index (χ1v) is 9.90. The Balaban J connectivity index is 0.00000122. The van der Waals surface area contributed by atoms with Gasteiger partial charge in [-0.1, -0.05) is 20.3 Å². The van der Waals surface area contributed by atoms with Gasteiger partial charge in [0.15, 0.2) is 0 Å². The molecule has 0 heterocycles. The van der Waals surface area contributed by atoms with E-state index >= 15 is 0 Å². The van der Waals surface area contributed by atoms with E-state index in [2.05, 4.69) is 13.8 Å². The number of benzene rings is 2. The second-order valence-electron chi connectivity index (χ2n) is 5.65. The summed E-state index contributed by atoms with van der Waals surface area (Å²) in [4.78, 5) is 0. The van der Waals surface area contributed by atoms with Crippen molar-refractivity contribution in [2.24, 2.45) is 0 Å². The molecular weight excluding hydrogens is 379 g/mol. The lowest BCUT2D eigenvalue weighted by molar-refractivity contribution is 0.379. The second-order valence-corrected chi connectivity index (χ2v) is 6.90. The van der Waals surface area contributed by atoms with Crippen LogP contribution in [0.5, 0.6) is 34.5 Å². The zero-order chi connectivity index (χ0) is 21.1. The molecule has 0 saturated heterocycles. The Bertz CT molecular complexity index is 636. The van der Waals surface area contributed by atoms with E-state index in [-0.39, 0.29) is 8.58 Å². The van der Waals surface area contributed by atoms with Crippen molar-refractivity contribution in [1.29, 1.82) is 0 Å². The Hall–Kier alpha value is -2.33. The molecule has 2 aromatic carbocycles. The molecule has 2 aromatic rings. The molecule has 0 fully saturated rings. The summed E-state index contributed by atoms with van der Waals surface area (Å²) in [5.41, 5.74) is 0. The summed E-state index contributed by atoms with van der Waals surface area (Å²) >= 11 is 0. The van der Waals surface area contributed by atoms with Gasteiger partial charge in [-0.3, -0.25) is 0 Å². The van der Waals surface area contributed by atoms with Crippen molar-refractivity contribution < 1.29 is 28.4 Å². The van der Waals surface area contributed by atoms with Crippen LogP contribution in [0, 0.1) is 0 Å². The predicted molar refractivity (Wildman–Crippen MR) is 116 cm³/mol. The normalized spacial score (nSPS) is 9.71. The minimum absolute atomic E-state index is 0.184. The topological polar surface area (TPSA) is 55.4 Å². The van der Waals surface area contributed by atoms with Crippen LogP contribution >= 0.6 is 8.58 Å². The lowest BCUT2D eigenvalue weighted by Gasteiger charge is -2.18. The van der Waals surface area contributed by atoms with Gasteiger partial charge in [0.25, 0.3) is 0 Å². The van der Waals surface area contributed by atoms with Gasteiger partial charge in [0.1, 0.15) is 34.5 Å². The van der Waals surface area contributed by atoms with Crippen LogP contribution in [0.2, 0.25) is 0 Å². The number of hydrogen-bond donors (Lipinski definition) is 0. The van der Waals surface area contributed by atoms with Crippen LogP contribution in [-0.2, 0) is 0 Å². The van der Waals surface area contributed by atoms with Gasteiger partial charge < -0.3 is 28.4 Å². The third kappa shape index (κ3) is 5.83. The van der Waals surface area contributed by atoms with E-state index in [9.17, 15) is 0 Å². The Morgan fingerprint density at radius 3 is 0.964 bits per heavy atom. The van der Waals surface area contributed by atoms with E-state index in [1.165, 1.54) is 6.42 Å². The zero-order valence-electron chi connectivity index (χ0n) is 18.0. The van der Waals surface area contributed by atoms with Gasteiger partial charge >= 0.3 is 0 Å². The van der Waals surface area contributed by atoms with Gasteiger partial charge in [-0.15, -0.1) is 0 Å². The summed E-state index contributed by atoms with van der Waals surface area (Å²) in [7, 11) is 9.85. The van der Waals surface area contributed by atoms with Crippen molar-refractivity contribution in [2.45, 2.75) is 20.3 Å². The van der Waals surface area contributed by atoms with E-state index in [0.717, 1.165) is 10.6 Å². The van der Waals surface area contributed by atoms with Crippen LogP contribution in [0.25, 0.3) is 0 Å². The van der Waals surface area contributed by atoms with Gasteiger partial charge in [-0.25, -0.2) is 0 Å². The monoisotopic (exact) mass is 410 g/mol. The number of ether oxygens (including phenoxy) is 6. The highest BCUT2D eigenvalue weighted by Crippen LogP contribution is 2.37. The fourth-order valence-electron chi connectivity index (χ4n) is 2.38. The van der Waals surface area contributed by atoms with Crippen molar-refractivity contribution in [3.05, 3.63) is 24.3 Å². The molecule has 7 heteroatoms. The molecule has 6 nitrogen and oxygen atoms in total. The maximum atomic E-state index is 5.54. The summed E-state index contributed by atoms with van der Waals surface area (Å²) in [6.45, 7) is 4.25. The fraction of sp³-hybridized carbons (Fsp3) is 0.429. The number of rotatable bonds is 8. The summed E-state index contributed by atoms with van der Waals surface area (Å²) in [5.74, 6) is 4.03. The third-order valence-corrected chi connectivity index (χ3v) is 5.17. The highest BCUT2D eigenvalue weighted by atomic mass is 31.1. The molecule has 0 spiro atoms. The second kappa shape index (κ2) is 12.2. The Morgan fingerprint density at radius 2 is 0.786 bits per heavy atom. The van der Waals surface area contributed by atoms with E-state index in [0.29, 0.717) is 34.5 Å². The SMILES string of the molecule is CCC.COc1cc(OC)c(Pc2c(OC)cc(OC)cc2OC)c(OC)c1. The van der Waals surface area contributed by atoms with Gasteiger partial charge in [0.05, 0.1) is 53.3 Å². The molecule has 0 unspecified atom stereocenters. The molecule has 0 bridgehead atoms. The van der Waals surface area contributed by atoms with Crippen LogP contribution in [0.15, 0.2) is 24.3 Å². The van der Waals surface area contributed by atoms with Crippen molar-refractivity contribution >= 4 is 19.2 Å². The van der Waals surface area contributed by atoms with Crippen molar-refractivity contribution in [3.8, 4) is 34.5 Å². The number of hydrogen-bond acceptors (Lipinski definition) is 6. The van der Waals surface area contributed by atoms with E-state index in [1.54, 1.807) is 42.7 Å². The van der Waals surface area contributed by atoms with E-state index in [4.69, 9.17) is 28.4 Å². The van der Waals surface area contributed by atoms with Crippen LogP contribution in [0.3, 0.4) is 0 Å². The molecule has 0 amide bonds. The summed E-state index contributed by atoms with van der Waals surface area (Å²) in [5, 5.41) is 1.79.